The molecule has 0 aliphatic rings. The molecule has 0 radical (unpaired) electrons. The lowest BCUT2D eigenvalue weighted by Gasteiger charge is -2.19. The number of hydrogen-bond donors (Lipinski definition) is 0. The molecule has 3 nitrogen and oxygen atoms in total. The van der Waals surface area contributed by atoms with Crippen molar-refractivity contribution in [3.05, 3.63) is 0 Å². The average Bonchev–Trinajstić information content (AvgIpc) is 2.00. The second kappa shape index (κ2) is 4.31. The van der Waals surface area contributed by atoms with E-state index in [4.69, 9.17) is 0 Å². The second-order valence-corrected chi connectivity index (χ2v) is 3.85. The zero-order chi connectivity index (χ0) is 13.4. The van der Waals surface area contributed by atoms with Crippen LogP contribution in [0.5, 0.6) is 0 Å². The summed E-state index contributed by atoms with van der Waals surface area (Å²) in [5.74, 6) is -5.67. The molecule has 0 aromatic rings. The third kappa shape index (κ3) is 3.17. The van der Waals surface area contributed by atoms with Gasteiger partial charge in [0.15, 0.2) is 0 Å². The largest absolute Gasteiger partial charge is 0.523 e. The monoisotopic (exact) mass is 282 g/mol. The highest BCUT2D eigenvalue weighted by Crippen LogP contribution is 2.34. The van der Waals surface area contributed by atoms with E-state index in [1.54, 1.807) is 0 Å². The van der Waals surface area contributed by atoms with Gasteiger partial charge in [-0.3, -0.25) is 0 Å². The molecule has 16 heavy (non-hydrogen) atoms. The summed E-state index contributed by atoms with van der Waals surface area (Å²) in [5, 5.41) is 0. The molecule has 12 heteroatoms. The molecule has 0 bridgehead atoms. The summed E-state index contributed by atoms with van der Waals surface area (Å²) in [7, 11) is -6.70. The van der Waals surface area contributed by atoms with Crippen LogP contribution < -0.4 is 0 Å². The standard InChI is InChI=1S/C4H2F8O3S/c5-1(6)3(8,9)2(7)15-16(13,14)4(10,11)12/h1-2H. The summed E-state index contributed by atoms with van der Waals surface area (Å²) in [6.07, 6.45) is -9.34. The Morgan fingerprint density at radius 3 is 1.56 bits per heavy atom. The van der Waals surface area contributed by atoms with Crippen molar-refractivity contribution in [3.8, 4) is 0 Å². The molecule has 0 fully saturated rings. The fraction of sp³-hybridized carbons (Fsp3) is 1.00. The normalized spacial score (nSPS) is 16.6. The molecule has 1 unspecified atom stereocenters. The van der Waals surface area contributed by atoms with E-state index in [-0.39, 0.29) is 0 Å². The van der Waals surface area contributed by atoms with E-state index >= 15 is 0 Å². The molecule has 0 rings (SSSR count). The Balaban J connectivity index is 4.91. The van der Waals surface area contributed by atoms with Crippen molar-refractivity contribution in [2.24, 2.45) is 0 Å². The van der Waals surface area contributed by atoms with E-state index in [0.717, 1.165) is 0 Å². The molecule has 0 aromatic heterocycles. The fourth-order valence-corrected chi connectivity index (χ4v) is 0.789. The maximum absolute atomic E-state index is 12.1. The third-order valence-corrected chi connectivity index (χ3v) is 2.08. The van der Waals surface area contributed by atoms with Crippen molar-refractivity contribution in [3.63, 3.8) is 0 Å². The maximum atomic E-state index is 12.1. The van der Waals surface area contributed by atoms with Crippen LogP contribution in [0.3, 0.4) is 0 Å². The first-order valence-corrected chi connectivity index (χ1v) is 4.52. The summed E-state index contributed by atoms with van der Waals surface area (Å²) in [4.78, 5) is 0. The molecule has 1 atom stereocenters. The van der Waals surface area contributed by atoms with E-state index in [9.17, 15) is 43.5 Å². The van der Waals surface area contributed by atoms with Gasteiger partial charge in [-0.25, -0.2) is 17.4 Å². The van der Waals surface area contributed by atoms with Crippen LogP contribution in [-0.2, 0) is 14.3 Å². The van der Waals surface area contributed by atoms with E-state index < -0.39 is 34.3 Å². The van der Waals surface area contributed by atoms with Crippen molar-refractivity contribution in [2.45, 2.75) is 24.2 Å². The minimum atomic E-state index is -6.70. The molecule has 0 saturated heterocycles. The highest BCUT2D eigenvalue weighted by Gasteiger charge is 2.57. The van der Waals surface area contributed by atoms with Gasteiger partial charge >= 0.3 is 28.0 Å². The number of halogens is 8. The molecular weight excluding hydrogens is 280 g/mol. The summed E-state index contributed by atoms with van der Waals surface area (Å²) in [6.45, 7) is 0. The van der Waals surface area contributed by atoms with Crippen LogP contribution in [0.4, 0.5) is 35.1 Å². The van der Waals surface area contributed by atoms with Gasteiger partial charge in [0.05, 0.1) is 0 Å². The van der Waals surface area contributed by atoms with Crippen molar-refractivity contribution >= 4 is 10.1 Å². The zero-order valence-corrected chi connectivity index (χ0v) is 7.63. The van der Waals surface area contributed by atoms with Crippen LogP contribution in [0, 0.1) is 0 Å². The van der Waals surface area contributed by atoms with Crippen molar-refractivity contribution in [1.82, 2.24) is 0 Å². The van der Waals surface area contributed by atoms with Crippen LogP contribution in [0.15, 0.2) is 0 Å². The van der Waals surface area contributed by atoms with Crippen molar-refractivity contribution < 1.29 is 47.7 Å². The Morgan fingerprint density at radius 1 is 0.938 bits per heavy atom. The van der Waals surface area contributed by atoms with E-state index in [0.29, 0.717) is 0 Å². The van der Waals surface area contributed by atoms with Gasteiger partial charge in [0.2, 0.25) is 0 Å². The molecule has 0 saturated carbocycles. The number of alkyl halides is 8. The predicted octanol–water partition coefficient (Wildman–Crippen LogP) is 2.05. The third-order valence-electron chi connectivity index (χ3n) is 1.09. The van der Waals surface area contributed by atoms with Gasteiger partial charge in [-0.2, -0.15) is 30.4 Å². The quantitative estimate of drug-likeness (QED) is 0.450. The highest BCUT2D eigenvalue weighted by atomic mass is 32.2. The molecule has 0 amide bonds. The molecule has 0 aliphatic heterocycles. The molecule has 0 heterocycles. The minimum absolute atomic E-state index is 2.28. The first kappa shape index (κ1) is 15.3. The average molecular weight is 282 g/mol. The topological polar surface area (TPSA) is 43.4 Å². The highest BCUT2D eigenvalue weighted by molar-refractivity contribution is 7.87. The lowest BCUT2D eigenvalue weighted by molar-refractivity contribution is -0.223. The van der Waals surface area contributed by atoms with Gasteiger partial charge in [0, 0.05) is 0 Å². The van der Waals surface area contributed by atoms with E-state index in [2.05, 4.69) is 4.18 Å². The van der Waals surface area contributed by atoms with Crippen molar-refractivity contribution in [2.75, 3.05) is 0 Å². The van der Waals surface area contributed by atoms with Crippen LogP contribution >= 0.6 is 0 Å². The SMILES string of the molecule is O=S(=O)(OC(F)C(F)(F)C(F)F)C(F)(F)F. The van der Waals surface area contributed by atoms with Gasteiger partial charge in [-0.1, -0.05) is 0 Å². The predicted molar refractivity (Wildman–Crippen MR) is 31.9 cm³/mol. The minimum Gasteiger partial charge on any atom is -0.219 e. The van der Waals surface area contributed by atoms with Gasteiger partial charge in [0.1, 0.15) is 0 Å². The van der Waals surface area contributed by atoms with Crippen LogP contribution in [0.25, 0.3) is 0 Å². The van der Waals surface area contributed by atoms with E-state index in [1.807, 2.05) is 0 Å². The fourth-order valence-electron chi connectivity index (χ4n) is 0.329. The van der Waals surface area contributed by atoms with Crippen LogP contribution in [-0.4, -0.2) is 32.6 Å². The summed E-state index contributed by atoms with van der Waals surface area (Å²) in [5.41, 5.74) is -6.18. The lowest BCUT2D eigenvalue weighted by atomic mass is 10.4. The first-order valence-electron chi connectivity index (χ1n) is 3.12. The number of hydrogen-bond acceptors (Lipinski definition) is 3. The maximum Gasteiger partial charge on any atom is 0.523 e. The Morgan fingerprint density at radius 2 is 1.31 bits per heavy atom. The molecular formula is C4H2F8O3S. The zero-order valence-electron chi connectivity index (χ0n) is 6.81. The first-order chi connectivity index (χ1) is 6.82. The number of rotatable bonds is 4. The molecule has 0 aromatic carbocycles. The summed E-state index contributed by atoms with van der Waals surface area (Å²) < 4.78 is 115. The summed E-state index contributed by atoms with van der Waals surface area (Å²) in [6, 6.07) is 0. The van der Waals surface area contributed by atoms with Gasteiger partial charge in [0.25, 0.3) is 6.36 Å². The van der Waals surface area contributed by atoms with Crippen LogP contribution in [0.1, 0.15) is 0 Å². The van der Waals surface area contributed by atoms with Crippen molar-refractivity contribution in [1.29, 1.82) is 0 Å². The second-order valence-electron chi connectivity index (χ2n) is 2.29. The Kier molecular flexibility index (Phi) is 4.14. The summed E-state index contributed by atoms with van der Waals surface area (Å²) >= 11 is 0. The molecule has 98 valence electrons. The Bertz CT molecular complexity index is 332. The van der Waals surface area contributed by atoms with Gasteiger partial charge in [-0.15, -0.1) is 0 Å². The molecule has 0 aliphatic carbocycles. The van der Waals surface area contributed by atoms with E-state index in [1.165, 1.54) is 0 Å². The Hall–Kier alpha value is -0.650. The Labute approximate surface area is 83.1 Å². The van der Waals surface area contributed by atoms with Crippen LogP contribution in [0.2, 0.25) is 0 Å². The lowest BCUT2D eigenvalue weighted by Crippen LogP contribution is -2.42. The molecule has 0 N–H and O–H groups in total. The van der Waals surface area contributed by atoms with Gasteiger partial charge < -0.3 is 0 Å². The smallest absolute Gasteiger partial charge is 0.219 e. The van der Waals surface area contributed by atoms with Gasteiger partial charge in [-0.05, 0) is 0 Å². The molecule has 0 spiro atoms.